The normalized spacial score (nSPS) is 12.0. The van der Waals surface area contributed by atoms with E-state index in [-0.39, 0.29) is 18.2 Å². The van der Waals surface area contributed by atoms with E-state index in [0.717, 1.165) is 11.3 Å². The third-order valence-electron chi connectivity index (χ3n) is 2.77. The Bertz CT molecular complexity index is 439. The van der Waals surface area contributed by atoms with Gasteiger partial charge in [-0.2, -0.15) is 0 Å². The summed E-state index contributed by atoms with van der Waals surface area (Å²) in [5.41, 5.74) is 0.811. The number of carbonyl (C=O) groups is 2. The maximum Gasteiger partial charge on any atom is 0.326 e. The van der Waals surface area contributed by atoms with E-state index in [1.165, 1.54) is 0 Å². The molecule has 0 saturated carbocycles. The van der Waals surface area contributed by atoms with Crippen molar-refractivity contribution < 1.29 is 19.4 Å². The van der Waals surface area contributed by atoms with E-state index in [4.69, 9.17) is 9.84 Å². The Kier molecular flexibility index (Phi) is 5.36. The lowest BCUT2D eigenvalue weighted by molar-refractivity contribution is -0.143. The maximum atomic E-state index is 11.8. The highest BCUT2D eigenvalue weighted by Crippen LogP contribution is 2.12. The second-order valence-electron chi connectivity index (χ2n) is 4.65. The highest BCUT2D eigenvalue weighted by molar-refractivity contribution is 5.85. The highest BCUT2D eigenvalue weighted by atomic mass is 16.5. The molecule has 0 aliphatic heterocycles. The zero-order chi connectivity index (χ0) is 14.4. The quantitative estimate of drug-likeness (QED) is 0.816. The van der Waals surface area contributed by atoms with Crippen LogP contribution in [0.15, 0.2) is 24.3 Å². The summed E-state index contributed by atoms with van der Waals surface area (Å²) in [5, 5.41) is 11.5. The molecule has 0 fully saturated rings. The van der Waals surface area contributed by atoms with E-state index in [1.807, 2.05) is 0 Å². The summed E-state index contributed by atoms with van der Waals surface area (Å²) in [6.07, 6.45) is 0.153. The molecule has 104 valence electrons. The molecule has 1 rings (SSSR count). The SMILES string of the molecule is COc1ccc(CC(=O)N[C@@H](C(=O)O)C(C)C)cc1. The number of benzene rings is 1. The molecule has 1 aromatic rings. The fourth-order valence-corrected chi connectivity index (χ4v) is 1.67. The van der Waals surface area contributed by atoms with Gasteiger partial charge in [-0.05, 0) is 23.6 Å². The van der Waals surface area contributed by atoms with E-state index in [9.17, 15) is 9.59 Å². The van der Waals surface area contributed by atoms with E-state index in [1.54, 1.807) is 45.2 Å². The van der Waals surface area contributed by atoms with Gasteiger partial charge in [-0.3, -0.25) is 4.79 Å². The van der Waals surface area contributed by atoms with Crippen LogP contribution < -0.4 is 10.1 Å². The van der Waals surface area contributed by atoms with Gasteiger partial charge in [-0.25, -0.2) is 4.79 Å². The number of amides is 1. The second-order valence-corrected chi connectivity index (χ2v) is 4.65. The zero-order valence-electron chi connectivity index (χ0n) is 11.3. The summed E-state index contributed by atoms with van der Waals surface area (Å²) in [5.74, 6) is -0.753. The number of aliphatic carboxylic acids is 1. The van der Waals surface area contributed by atoms with Gasteiger partial charge < -0.3 is 15.2 Å². The lowest BCUT2D eigenvalue weighted by Gasteiger charge is -2.17. The molecule has 0 aliphatic rings. The molecule has 0 heterocycles. The molecule has 0 unspecified atom stereocenters. The molecule has 19 heavy (non-hydrogen) atoms. The number of hydrogen-bond acceptors (Lipinski definition) is 3. The van der Waals surface area contributed by atoms with Crippen LogP contribution in [-0.4, -0.2) is 30.1 Å². The Morgan fingerprint density at radius 1 is 1.26 bits per heavy atom. The average molecular weight is 265 g/mol. The Hall–Kier alpha value is -2.04. The Morgan fingerprint density at radius 2 is 1.84 bits per heavy atom. The molecule has 0 aromatic heterocycles. The molecule has 2 N–H and O–H groups in total. The van der Waals surface area contributed by atoms with Crippen LogP contribution in [-0.2, 0) is 16.0 Å². The van der Waals surface area contributed by atoms with Crippen LogP contribution in [0.2, 0.25) is 0 Å². The topological polar surface area (TPSA) is 75.6 Å². The van der Waals surface area contributed by atoms with E-state index in [2.05, 4.69) is 5.32 Å². The number of hydrogen-bond donors (Lipinski definition) is 2. The van der Waals surface area contributed by atoms with Crippen molar-refractivity contribution in [1.29, 1.82) is 0 Å². The number of methoxy groups -OCH3 is 1. The predicted octanol–water partition coefficient (Wildman–Crippen LogP) is 1.46. The first-order valence-electron chi connectivity index (χ1n) is 6.09. The minimum absolute atomic E-state index is 0.153. The lowest BCUT2D eigenvalue weighted by Crippen LogP contribution is -2.44. The Balaban J connectivity index is 2.61. The maximum absolute atomic E-state index is 11.8. The average Bonchev–Trinajstić information content (AvgIpc) is 2.36. The summed E-state index contributed by atoms with van der Waals surface area (Å²) in [6, 6.07) is 6.23. The molecule has 0 aliphatic carbocycles. The number of carbonyl (C=O) groups excluding carboxylic acids is 1. The van der Waals surface area contributed by atoms with Gasteiger partial charge in [-0.15, -0.1) is 0 Å². The first-order chi connectivity index (χ1) is 8.93. The van der Waals surface area contributed by atoms with Gasteiger partial charge in [0.1, 0.15) is 11.8 Å². The molecule has 1 atom stereocenters. The van der Waals surface area contributed by atoms with Crippen LogP contribution in [0.25, 0.3) is 0 Å². The predicted molar refractivity (Wildman–Crippen MR) is 71.1 cm³/mol. The van der Waals surface area contributed by atoms with E-state index >= 15 is 0 Å². The standard InChI is InChI=1S/C14H19NO4/c1-9(2)13(14(17)18)15-12(16)8-10-4-6-11(19-3)7-5-10/h4-7,9,13H,8H2,1-3H3,(H,15,16)(H,17,18)/t13-/m1/s1. The molecule has 1 aromatic carbocycles. The van der Waals surface area contributed by atoms with Crippen molar-refractivity contribution in [3.8, 4) is 5.75 Å². The van der Waals surface area contributed by atoms with E-state index in [0.29, 0.717) is 0 Å². The fraction of sp³-hybridized carbons (Fsp3) is 0.429. The number of carboxylic acids is 1. The fourth-order valence-electron chi connectivity index (χ4n) is 1.67. The minimum Gasteiger partial charge on any atom is -0.497 e. The van der Waals surface area contributed by atoms with Gasteiger partial charge in [0.25, 0.3) is 0 Å². The van der Waals surface area contributed by atoms with Gasteiger partial charge in [0.15, 0.2) is 0 Å². The summed E-state index contributed by atoms with van der Waals surface area (Å²) in [4.78, 5) is 22.8. The molecule has 5 heteroatoms. The van der Waals surface area contributed by atoms with Gasteiger partial charge in [0.05, 0.1) is 13.5 Å². The van der Waals surface area contributed by atoms with Crippen molar-refractivity contribution in [2.45, 2.75) is 26.3 Å². The number of nitrogens with one attached hydrogen (secondary N) is 1. The molecule has 0 bridgehead atoms. The van der Waals surface area contributed by atoms with Crippen molar-refractivity contribution in [3.63, 3.8) is 0 Å². The summed E-state index contributed by atoms with van der Waals surface area (Å²) in [6.45, 7) is 3.51. The largest absolute Gasteiger partial charge is 0.497 e. The van der Waals surface area contributed by atoms with Crippen LogP contribution in [0.5, 0.6) is 5.75 Å². The first kappa shape index (κ1) is 15.0. The zero-order valence-corrected chi connectivity index (χ0v) is 11.3. The number of ether oxygens (including phenoxy) is 1. The third-order valence-corrected chi connectivity index (χ3v) is 2.77. The Labute approximate surface area is 112 Å². The van der Waals surface area contributed by atoms with Gasteiger partial charge in [0, 0.05) is 0 Å². The molecular formula is C14H19NO4. The van der Waals surface area contributed by atoms with Crippen molar-refractivity contribution in [2.75, 3.05) is 7.11 Å². The highest BCUT2D eigenvalue weighted by Gasteiger charge is 2.23. The summed E-state index contributed by atoms with van der Waals surface area (Å²) >= 11 is 0. The molecular weight excluding hydrogens is 246 g/mol. The Morgan fingerprint density at radius 3 is 2.26 bits per heavy atom. The van der Waals surface area contributed by atoms with Crippen LogP contribution in [0.4, 0.5) is 0 Å². The van der Waals surface area contributed by atoms with Crippen molar-refractivity contribution in [2.24, 2.45) is 5.92 Å². The number of rotatable bonds is 6. The minimum atomic E-state index is -1.02. The van der Waals surface area contributed by atoms with Crippen molar-refractivity contribution in [1.82, 2.24) is 5.32 Å². The lowest BCUT2D eigenvalue weighted by atomic mass is 10.0. The molecule has 0 spiro atoms. The van der Waals surface area contributed by atoms with Crippen LogP contribution >= 0.6 is 0 Å². The van der Waals surface area contributed by atoms with Crippen LogP contribution in [0.3, 0.4) is 0 Å². The third kappa shape index (κ3) is 4.62. The molecule has 0 saturated heterocycles. The monoisotopic (exact) mass is 265 g/mol. The van der Waals surface area contributed by atoms with E-state index < -0.39 is 12.0 Å². The van der Waals surface area contributed by atoms with Crippen molar-refractivity contribution >= 4 is 11.9 Å². The molecule has 1 amide bonds. The van der Waals surface area contributed by atoms with Gasteiger partial charge >= 0.3 is 5.97 Å². The van der Waals surface area contributed by atoms with Crippen LogP contribution in [0, 0.1) is 5.92 Å². The first-order valence-corrected chi connectivity index (χ1v) is 6.09. The van der Waals surface area contributed by atoms with Gasteiger partial charge in [-0.1, -0.05) is 26.0 Å². The molecule has 0 radical (unpaired) electrons. The van der Waals surface area contributed by atoms with Crippen LogP contribution in [0.1, 0.15) is 19.4 Å². The smallest absolute Gasteiger partial charge is 0.326 e. The van der Waals surface area contributed by atoms with Crippen molar-refractivity contribution in [3.05, 3.63) is 29.8 Å². The molecule has 5 nitrogen and oxygen atoms in total. The van der Waals surface area contributed by atoms with Gasteiger partial charge in [0.2, 0.25) is 5.91 Å². The number of carboxylic acid groups (broad SMARTS) is 1. The second kappa shape index (κ2) is 6.78. The summed E-state index contributed by atoms with van der Waals surface area (Å²) < 4.78 is 5.02. The summed E-state index contributed by atoms with van der Waals surface area (Å²) in [7, 11) is 1.57.